The molecule has 2 aromatic rings. The van der Waals surface area contributed by atoms with Crippen molar-refractivity contribution in [1.82, 2.24) is 20.1 Å². The van der Waals surface area contributed by atoms with Crippen LogP contribution in [0.25, 0.3) is 0 Å². The van der Waals surface area contributed by atoms with Crippen LogP contribution in [0.3, 0.4) is 0 Å². The molecule has 1 atom stereocenters. The van der Waals surface area contributed by atoms with Crippen molar-refractivity contribution in [3.8, 4) is 0 Å². The van der Waals surface area contributed by atoms with Crippen molar-refractivity contribution in [2.45, 2.75) is 38.0 Å². The summed E-state index contributed by atoms with van der Waals surface area (Å²) in [5.74, 6) is 1.31. The van der Waals surface area contributed by atoms with Crippen molar-refractivity contribution in [3.05, 3.63) is 41.9 Å². The minimum atomic E-state index is 0.109. The van der Waals surface area contributed by atoms with Gasteiger partial charge in [0.25, 0.3) is 5.91 Å². The summed E-state index contributed by atoms with van der Waals surface area (Å²) in [5.41, 5.74) is 1.87. The molecular formula is C19H25N5O. The van der Waals surface area contributed by atoms with Crippen LogP contribution in [0.2, 0.25) is 0 Å². The molecule has 1 N–H and O–H groups in total. The van der Waals surface area contributed by atoms with Gasteiger partial charge in [0.05, 0.1) is 5.56 Å². The molecule has 2 aliphatic heterocycles. The molecule has 2 fully saturated rings. The maximum absolute atomic E-state index is 13.2. The van der Waals surface area contributed by atoms with E-state index in [0.29, 0.717) is 5.92 Å². The van der Waals surface area contributed by atoms with E-state index in [4.69, 9.17) is 0 Å². The van der Waals surface area contributed by atoms with Crippen LogP contribution < -0.4 is 4.90 Å². The molecule has 1 amide bonds. The third-order valence-corrected chi connectivity index (χ3v) is 5.34. The molecule has 0 radical (unpaired) electrons. The van der Waals surface area contributed by atoms with Crippen LogP contribution in [0.1, 0.15) is 54.1 Å². The zero-order chi connectivity index (χ0) is 17.1. The number of aromatic nitrogens is 3. The monoisotopic (exact) mass is 339 g/mol. The number of amides is 1. The Bertz CT molecular complexity index is 708. The van der Waals surface area contributed by atoms with Gasteiger partial charge in [-0.05, 0) is 50.3 Å². The van der Waals surface area contributed by atoms with Crippen molar-refractivity contribution in [2.75, 3.05) is 31.1 Å². The summed E-state index contributed by atoms with van der Waals surface area (Å²) in [5, 5.41) is 7.12. The standard InChI is InChI=1S/C19H25N5O/c25-19(24-13-5-6-15(14-24)17-8-10-21-22-17)16-7-4-9-20-18(16)23-11-2-1-3-12-23/h4,7-10,15H,1-3,5-6,11-14H2,(H,21,22)/t15-/m1/s1. The number of hydrogen-bond donors (Lipinski definition) is 1. The van der Waals surface area contributed by atoms with E-state index in [-0.39, 0.29) is 5.91 Å². The molecule has 0 unspecified atom stereocenters. The van der Waals surface area contributed by atoms with E-state index in [0.717, 1.165) is 56.1 Å². The average Bonchev–Trinajstić information content (AvgIpc) is 3.23. The quantitative estimate of drug-likeness (QED) is 0.934. The highest BCUT2D eigenvalue weighted by Gasteiger charge is 2.29. The Hall–Kier alpha value is -2.37. The molecule has 2 saturated heterocycles. The number of nitrogens with one attached hydrogen (secondary N) is 1. The second-order valence-corrected chi connectivity index (χ2v) is 7.02. The number of pyridine rings is 1. The lowest BCUT2D eigenvalue weighted by Crippen LogP contribution is -2.40. The Balaban J connectivity index is 1.54. The number of hydrogen-bond acceptors (Lipinski definition) is 4. The molecule has 4 rings (SSSR count). The normalized spacial score (nSPS) is 21.4. The summed E-state index contributed by atoms with van der Waals surface area (Å²) in [6.45, 7) is 3.55. The topological polar surface area (TPSA) is 65.1 Å². The number of anilines is 1. The lowest BCUT2D eigenvalue weighted by atomic mass is 9.94. The predicted molar refractivity (Wildman–Crippen MR) is 96.8 cm³/mol. The molecule has 0 saturated carbocycles. The lowest BCUT2D eigenvalue weighted by Gasteiger charge is -2.34. The number of carbonyl (C=O) groups is 1. The maximum Gasteiger partial charge on any atom is 0.257 e. The third kappa shape index (κ3) is 3.38. The molecule has 2 aromatic heterocycles. The molecule has 0 aliphatic carbocycles. The van der Waals surface area contributed by atoms with Gasteiger partial charge in [0.1, 0.15) is 5.82 Å². The van der Waals surface area contributed by atoms with Gasteiger partial charge < -0.3 is 9.80 Å². The van der Waals surface area contributed by atoms with Gasteiger partial charge in [-0.25, -0.2) is 4.98 Å². The minimum Gasteiger partial charge on any atom is -0.356 e. The Labute approximate surface area is 148 Å². The molecular weight excluding hydrogens is 314 g/mol. The van der Waals surface area contributed by atoms with E-state index in [1.54, 1.807) is 12.4 Å². The van der Waals surface area contributed by atoms with Crippen molar-refractivity contribution in [3.63, 3.8) is 0 Å². The number of nitrogens with zero attached hydrogens (tertiary/aromatic N) is 4. The van der Waals surface area contributed by atoms with Gasteiger partial charge in [-0.2, -0.15) is 5.10 Å². The number of aromatic amines is 1. The number of H-pyrrole nitrogens is 1. The fraction of sp³-hybridized carbons (Fsp3) is 0.526. The van der Waals surface area contributed by atoms with Gasteiger partial charge in [0.15, 0.2) is 0 Å². The van der Waals surface area contributed by atoms with E-state index in [1.165, 1.54) is 19.3 Å². The van der Waals surface area contributed by atoms with Crippen LogP contribution in [0, 0.1) is 0 Å². The molecule has 0 aromatic carbocycles. The number of rotatable bonds is 3. The fourth-order valence-corrected chi connectivity index (χ4v) is 4.00. The van der Waals surface area contributed by atoms with Crippen LogP contribution in [0.4, 0.5) is 5.82 Å². The van der Waals surface area contributed by atoms with Crippen molar-refractivity contribution in [1.29, 1.82) is 0 Å². The molecule has 132 valence electrons. The first kappa shape index (κ1) is 16.1. The van der Waals surface area contributed by atoms with Gasteiger partial charge in [-0.1, -0.05) is 0 Å². The summed E-state index contributed by atoms with van der Waals surface area (Å²) < 4.78 is 0. The third-order valence-electron chi connectivity index (χ3n) is 5.34. The van der Waals surface area contributed by atoms with Gasteiger partial charge in [-0.3, -0.25) is 9.89 Å². The highest BCUT2D eigenvalue weighted by Crippen LogP contribution is 2.28. The van der Waals surface area contributed by atoms with Gasteiger partial charge in [0.2, 0.25) is 0 Å². The summed E-state index contributed by atoms with van der Waals surface area (Å²) in [6, 6.07) is 5.82. The summed E-state index contributed by atoms with van der Waals surface area (Å²) in [7, 11) is 0. The molecule has 4 heterocycles. The molecule has 6 heteroatoms. The molecule has 2 aliphatic rings. The van der Waals surface area contributed by atoms with Gasteiger partial charge >= 0.3 is 0 Å². The van der Waals surface area contributed by atoms with E-state index >= 15 is 0 Å². The Morgan fingerprint density at radius 2 is 1.96 bits per heavy atom. The number of piperidine rings is 2. The number of likely N-dealkylation sites (tertiary alicyclic amines) is 1. The second-order valence-electron chi connectivity index (χ2n) is 7.02. The van der Waals surface area contributed by atoms with Crippen molar-refractivity contribution >= 4 is 11.7 Å². The Kier molecular flexibility index (Phi) is 4.68. The summed E-state index contributed by atoms with van der Waals surface area (Å²) in [6.07, 6.45) is 9.32. The van der Waals surface area contributed by atoms with Crippen LogP contribution in [0.5, 0.6) is 0 Å². The first-order valence-electron chi connectivity index (χ1n) is 9.31. The zero-order valence-corrected chi connectivity index (χ0v) is 14.5. The van der Waals surface area contributed by atoms with E-state index in [2.05, 4.69) is 20.1 Å². The van der Waals surface area contributed by atoms with Crippen molar-refractivity contribution in [2.24, 2.45) is 0 Å². The van der Waals surface area contributed by atoms with Gasteiger partial charge in [-0.15, -0.1) is 0 Å². The van der Waals surface area contributed by atoms with Crippen LogP contribution in [-0.2, 0) is 0 Å². The minimum absolute atomic E-state index is 0.109. The lowest BCUT2D eigenvalue weighted by molar-refractivity contribution is 0.0706. The second kappa shape index (κ2) is 7.25. The summed E-state index contributed by atoms with van der Waals surface area (Å²) in [4.78, 5) is 22.0. The van der Waals surface area contributed by atoms with E-state index in [1.807, 2.05) is 23.1 Å². The largest absolute Gasteiger partial charge is 0.356 e. The Morgan fingerprint density at radius 3 is 2.76 bits per heavy atom. The van der Waals surface area contributed by atoms with Crippen LogP contribution >= 0.6 is 0 Å². The van der Waals surface area contributed by atoms with E-state index < -0.39 is 0 Å². The fourth-order valence-electron chi connectivity index (χ4n) is 4.00. The highest BCUT2D eigenvalue weighted by molar-refractivity contribution is 5.99. The van der Waals surface area contributed by atoms with Crippen molar-refractivity contribution < 1.29 is 4.79 Å². The smallest absolute Gasteiger partial charge is 0.257 e. The van der Waals surface area contributed by atoms with E-state index in [9.17, 15) is 4.79 Å². The van der Waals surface area contributed by atoms with Crippen LogP contribution in [0.15, 0.2) is 30.6 Å². The predicted octanol–water partition coefficient (Wildman–Crippen LogP) is 2.81. The zero-order valence-electron chi connectivity index (χ0n) is 14.5. The highest BCUT2D eigenvalue weighted by atomic mass is 16.2. The molecule has 25 heavy (non-hydrogen) atoms. The summed E-state index contributed by atoms with van der Waals surface area (Å²) >= 11 is 0. The molecule has 6 nitrogen and oxygen atoms in total. The van der Waals surface area contributed by atoms with Crippen LogP contribution in [-0.4, -0.2) is 52.2 Å². The Morgan fingerprint density at radius 1 is 1.08 bits per heavy atom. The first-order valence-corrected chi connectivity index (χ1v) is 9.31. The molecule has 0 bridgehead atoms. The number of carbonyl (C=O) groups excluding carboxylic acids is 1. The average molecular weight is 339 g/mol. The SMILES string of the molecule is O=C(c1cccnc1N1CCCCC1)N1CCC[C@@H](c2ccn[nH]2)C1. The maximum atomic E-state index is 13.2. The first-order chi connectivity index (χ1) is 12.3. The molecule has 0 spiro atoms. The van der Waals surface area contributed by atoms with Gasteiger partial charge in [0, 0.05) is 50.2 Å².